The van der Waals surface area contributed by atoms with Crippen LogP contribution >= 0.6 is 0 Å². The summed E-state index contributed by atoms with van der Waals surface area (Å²) < 4.78 is 63.2. The van der Waals surface area contributed by atoms with Gasteiger partial charge in [0, 0.05) is 57.5 Å². The number of nitrogens with one attached hydrogen (secondary N) is 2. The minimum atomic E-state index is -4.02. The second-order valence-corrected chi connectivity index (χ2v) is 17.3. The van der Waals surface area contributed by atoms with Crippen LogP contribution in [0.1, 0.15) is 31.8 Å². The van der Waals surface area contributed by atoms with Crippen molar-refractivity contribution in [3.63, 3.8) is 0 Å². The first-order chi connectivity index (χ1) is 29.4. The highest BCUT2D eigenvalue weighted by atomic mass is 32.2. The Bertz CT molecular complexity index is 2910. The summed E-state index contributed by atoms with van der Waals surface area (Å²) in [6, 6.07) is 46.7. The molecule has 4 N–H and O–H groups in total. The molecule has 0 aliphatic carbocycles. The minimum absolute atomic E-state index is 0.0666. The lowest BCUT2D eigenvalue weighted by atomic mass is 10.0. The second-order valence-electron chi connectivity index (χ2n) is 14.4. The normalized spacial score (nSPS) is 11.1. The van der Waals surface area contributed by atoms with Gasteiger partial charge in [-0.05, 0) is 110 Å². The van der Waals surface area contributed by atoms with Gasteiger partial charge in [0.2, 0.25) is 11.0 Å². The lowest BCUT2D eigenvalue weighted by molar-refractivity contribution is -0.645. The number of aryl methyl sites for hydroxylation is 4. The number of benzene rings is 6. The van der Waals surface area contributed by atoms with Gasteiger partial charge in [-0.15, -0.1) is 0 Å². The van der Waals surface area contributed by atoms with Crippen molar-refractivity contribution in [1.29, 1.82) is 0 Å². The first-order valence-corrected chi connectivity index (χ1v) is 22.0. The van der Waals surface area contributed by atoms with Crippen molar-refractivity contribution in [3.05, 3.63) is 192 Å². The zero-order chi connectivity index (χ0) is 44.6. The van der Waals surface area contributed by atoms with Crippen molar-refractivity contribution in [2.75, 3.05) is 10.6 Å². The van der Waals surface area contributed by atoms with E-state index in [0.29, 0.717) is 11.1 Å². The van der Waals surface area contributed by atoms with E-state index in [1.807, 2.05) is 159 Å². The second kappa shape index (κ2) is 19.1. The highest BCUT2D eigenvalue weighted by Crippen LogP contribution is 2.23. The fourth-order valence-corrected chi connectivity index (χ4v) is 7.26. The van der Waals surface area contributed by atoms with Crippen LogP contribution in [0.2, 0.25) is 0 Å². The third-order valence-electron chi connectivity index (χ3n) is 9.77. The molecule has 12 nitrogen and oxygen atoms in total. The van der Waals surface area contributed by atoms with E-state index >= 15 is 0 Å². The number of nitrogens with zero attached hydrogens (tertiary/aromatic N) is 2. The molecular weight excluding hydrogens is 825 g/mol. The molecule has 0 aliphatic heterocycles. The fourth-order valence-electron chi connectivity index (χ4n) is 6.30. The molecule has 0 spiro atoms. The molecule has 0 saturated heterocycles. The van der Waals surface area contributed by atoms with E-state index in [4.69, 9.17) is 9.11 Å². The van der Waals surface area contributed by atoms with E-state index in [9.17, 15) is 26.4 Å². The van der Waals surface area contributed by atoms with E-state index in [1.54, 1.807) is 24.3 Å². The van der Waals surface area contributed by atoms with Gasteiger partial charge >= 0.3 is 0 Å². The maximum atomic E-state index is 12.9. The van der Waals surface area contributed by atoms with Crippen LogP contribution in [-0.4, -0.2) is 37.8 Å². The Balaban J connectivity index is 0.000000237. The van der Waals surface area contributed by atoms with Crippen molar-refractivity contribution in [2.45, 2.75) is 23.6 Å². The van der Waals surface area contributed by atoms with Crippen molar-refractivity contribution in [2.24, 2.45) is 14.1 Å². The molecule has 0 saturated carbocycles. The number of pyridine rings is 2. The number of rotatable bonds is 7. The Hall–Kier alpha value is -7.10. The lowest BCUT2D eigenvalue weighted by Gasteiger charge is -2.09. The van der Waals surface area contributed by atoms with E-state index in [0.717, 1.165) is 55.4 Å². The van der Waals surface area contributed by atoms with Crippen LogP contribution in [0, 0.1) is 13.8 Å². The SMILES string of the molecule is C[n+]1cccc2ccc(NC(=O)c3ccc(-c4ccc(C(=O)Nc5ccc6ccc[n+](C)c6c5)cc4)cc3)cc21.Cc1ccc(S(=O)(=O)O)cc1.Cc1ccc(S(=O)(=O)O)cc1. The van der Waals surface area contributed by atoms with Crippen LogP contribution in [0.5, 0.6) is 0 Å². The van der Waals surface area contributed by atoms with Crippen molar-refractivity contribution < 1.29 is 44.7 Å². The zero-order valence-corrected chi connectivity index (χ0v) is 35.9. The molecule has 2 aromatic heterocycles. The molecule has 8 rings (SSSR count). The van der Waals surface area contributed by atoms with Gasteiger partial charge in [-0.3, -0.25) is 18.7 Å². The maximum Gasteiger partial charge on any atom is 0.294 e. The molecule has 0 atom stereocenters. The lowest BCUT2D eigenvalue weighted by Crippen LogP contribution is -2.27. The number of hydrogen-bond donors (Lipinski definition) is 4. The van der Waals surface area contributed by atoms with Crippen molar-refractivity contribution in [3.8, 4) is 11.1 Å². The van der Waals surface area contributed by atoms with Gasteiger partial charge in [0.25, 0.3) is 32.1 Å². The molecule has 0 unspecified atom stereocenters. The summed E-state index contributed by atoms with van der Waals surface area (Å²) in [5, 5.41) is 8.20. The Morgan fingerprint density at radius 2 is 0.806 bits per heavy atom. The predicted octanol–water partition coefficient (Wildman–Crippen LogP) is 8.30. The third kappa shape index (κ3) is 11.6. The largest absolute Gasteiger partial charge is 0.322 e. The van der Waals surface area contributed by atoms with Crippen LogP contribution in [0.3, 0.4) is 0 Å². The Morgan fingerprint density at radius 1 is 0.468 bits per heavy atom. The number of carbonyl (C=O) groups excluding carboxylic acids is 2. The highest BCUT2D eigenvalue weighted by molar-refractivity contribution is 7.86. The van der Waals surface area contributed by atoms with E-state index < -0.39 is 20.2 Å². The average Bonchev–Trinajstić information content (AvgIpc) is 3.24. The van der Waals surface area contributed by atoms with Crippen LogP contribution in [0.4, 0.5) is 11.4 Å². The molecule has 0 fully saturated rings. The van der Waals surface area contributed by atoms with Crippen LogP contribution in [0.15, 0.2) is 180 Å². The molecule has 8 aromatic rings. The number of fused-ring (bicyclic) bond motifs is 2. The summed E-state index contributed by atoms with van der Waals surface area (Å²) in [6.07, 6.45) is 3.97. The van der Waals surface area contributed by atoms with Gasteiger partial charge in [-0.1, -0.05) is 59.7 Å². The Kier molecular flexibility index (Phi) is 13.7. The molecule has 0 bridgehead atoms. The van der Waals surface area contributed by atoms with E-state index in [1.165, 1.54) is 24.3 Å². The van der Waals surface area contributed by atoms with Gasteiger partial charge in [0.1, 0.15) is 14.1 Å². The third-order valence-corrected chi connectivity index (χ3v) is 11.5. The van der Waals surface area contributed by atoms with E-state index in [-0.39, 0.29) is 21.6 Å². The molecule has 2 heterocycles. The zero-order valence-electron chi connectivity index (χ0n) is 34.2. The molecule has 0 radical (unpaired) electrons. The number of aromatic nitrogens is 2. The van der Waals surface area contributed by atoms with Crippen molar-refractivity contribution in [1.82, 2.24) is 0 Å². The van der Waals surface area contributed by atoms with E-state index in [2.05, 4.69) is 10.6 Å². The van der Waals surface area contributed by atoms with Gasteiger partial charge in [0.05, 0.1) is 9.79 Å². The summed E-state index contributed by atoms with van der Waals surface area (Å²) in [5.41, 5.74) is 8.55. The molecule has 14 heteroatoms. The molecule has 314 valence electrons. The smallest absolute Gasteiger partial charge is 0.294 e. The number of carbonyl (C=O) groups is 2. The highest BCUT2D eigenvalue weighted by Gasteiger charge is 2.13. The predicted molar refractivity (Wildman–Crippen MR) is 240 cm³/mol. The quantitative estimate of drug-likeness (QED) is 0.0914. The monoisotopic (exact) mass is 868 g/mol. The molecule has 0 aliphatic rings. The maximum absolute atomic E-state index is 12.9. The van der Waals surface area contributed by atoms with Crippen LogP contribution in [0.25, 0.3) is 32.9 Å². The first-order valence-electron chi connectivity index (χ1n) is 19.1. The minimum Gasteiger partial charge on any atom is -0.322 e. The number of hydrogen-bond acceptors (Lipinski definition) is 6. The summed E-state index contributed by atoms with van der Waals surface area (Å²) in [4.78, 5) is 25.6. The first kappa shape index (κ1) is 44.5. The van der Waals surface area contributed by atoms with Crippen molar-refractivity contribution >= 4 is 65.2 Å². The van der Waals surface area contributed by atoms with Gasteiger partial charge in [0.15, 0.2) is 12.4 Å². The standard InChI is InChI=1S/C34H26N4O2.2C7H8O3S/c1-37-19-3-5-25-15-17-29(21-31(25)37)35-33(39)27-11-7-23(8-12-27)24-9-13-28(14-10-24)34(40)36-30-18-16-26-6-4-20-38(2)32(26)22-30;2*1-6-2-4-7(5-3-6)11(8,9)10/h3-22H,1-2H3;2*2-5H,1H3,(H,8,9,10)/p+2. The van der Waals surface area contributed by atoms with Crippen LogP contribution < -0.4 is 19.8 Å². The van der Waals surface area contributed by atoms with Gasteiger partial charge in [-0.25, -0.2) is 9.13 Å². The Labute approximate surface area is 360 Å². The Morgan fingerprint density at radius 3 is 1.13 bits per heavy atom. The summed E-state index contributed by atoms with van der Waals surface area (Å²) in [6.45, 7) is 3.68. The summed E-state index contributed by atoms with van der Waals surface area (Å²) in [7, 11) is -4.07. The number of amides is 2. The average molecular weight is 869 g/mol. The fraction of sp³-hybridized carbons (Fsp3) is 0.0833. The molecule has 6 aromatic carbocycles. The van der Waals surface area contributed by atoms with Gasteiger partial charge in [-0.2, -0.15) is 16.8 Å². The number of anilines is 2. The van der Waals surface area contributed by atoms with Crippen LogP contribution in [-0.2, 0) is 34.3 Å². The van der Waals surface area contributed by atoms with Gasteiger partial charge < -0.3 is 10.6 Å². The molecular formula is C48H44N4O8S2+2. The molecule has 62 heavy (non-hydrogen) atoms. The topological polar surface area (TPSA) is 175 Å². The summed E-state index contributed by atoms with van der Waals surface area (Å²) >= 11 is 0. The molecule has 2 amide bonds. The summed E-state index contributed by atoms with van der Waals surface area (Å²) in [5.74, 6) is -0.336.